The molecule has 2 unspecified atom stereocenters. The zero-order chi connectivity index (χ0) is 39.6. The molecule has 0 bridgehead atoms. The molecule has 0 radical (unpaired) electrons. The van der Waals surface area contributed by atoms with Crippen molar-refractivity contribution in [2.45, 2.75) is 65.4 Å². The number of rotatable bonds is 18. The second-order valence-electron chi connectivity index (χ2n) is 16.8. The highest BCUT2D eigenvalue weighted by Gasteiger charge is 3.02. The number of para-hydroxylation sites is 1. The van der Waals surface area contributed by atoms with Crippen molar-refractivity contribution in [1.29, 1.82) is 5.41 Å². The first kappa shape index (κ1) is 38.8. The van der Waals surface area contributed by atoms with Gasteiger partial charge in [0.15, 0.2) is 10.8 Å². The molecule has 3 aromatic rings. The van der Waals surface area contributed by atoms with Crippen molar-refractivity contribution in [2.24, 2.45) is 33.1 Å². The summed E-state index contributed by atoms with van der Waals surface area (Å²) >= 11 is 1.50. The number of carbonyl (C=O) groups is 1. The van der Waals surface area contributed by atoms with Crippen molar-refractivity contribution in [3.8, 4) is 0 Å². The molecule has 14 heteroatoms. The standard InChI is InChI=1S/C41H55N9O4S/c1-25(34(44)48-36-46-29-10-7-8-11-30(29)55-36)18-31(43)50(6)32-13-12-27(33(47-32)35(52)53)28(19-42)26(2)45-24-39-20-37(3)22-40(23-38(4,21-39)41(37,39)40)54-17-15-49(5)14-9-16-51/h7-8,10-13,18-19,42,45,51H,9,14-17,20-24,43-44H2,1-6H3,(H,46,48)(H,52,53)/b28-26+,31-18+,34-25+,42-19?. The van der Waals surface area contributed by atoms with E-state index in [0.717, 1.165) is 67.7 Å². The highest BCUT2D eigenvalue weighted by Crippen LogP contribution is 3.03. The number of carboxylic acids is 1. The van der Waals surface area contributed by atoms with E-state index < -0.39 is 5.97 Å². The number of fused-ring (bicyclic) bond motifs is 1. The van der Waals surface area contributed by atoms with Gasteiger partial charge in [0.1, 0.15) is 17.5 Å². The highest BCUT2D eigenvalue weighted by atomic mass is 32.1. The number of carboxylic acid groups (broad SMARTS) is 1. The first-order valence-electron chi connectivity index (χ1n) is 19.0. The molecular formula is C41H55N9O4S. The van der Waals surface area contributed by atoms with Crippen LogP contribution in [0.3, 0.4) is 0 Å². The number of allylic oxidation sites excluding steroid dienone is 4. The van der Waals surface area contributed by atoms with Crippen molar-refractivity contribution < 1.29 is 19.7 Å². The van der Waals surface area contributed by atoms with Gasteiger partial charge in [-0.25, -0.2) is 14.8 Å². The molecule has 4 aliphatic rings. The van der Waals surface area contributed by atoms with Crippen LogP contribution < -0.4 is 27.0 Å². The Bertz CT molecular complexity index is 2070. The van der Waals surface area contributed by atoms with Gasteiger partial charge in [0.25, 0.3) is 0 Å². The van der Waals surface area contributed by atoms with Gasteiger partial charge in [0.05, 0.1) is 22.4 Å². The second-order valence-corrected chi connectivity index (χ2v) is 17.9. The van der Waals surface area contributed by atoms with Crippen LogP contribution in [-0.2, 0) is 4.74 Å². The minimum absolute atomic E-state index is 0.0916. The Morgan fingerprint density at radius 3 is 2.40 bits per heavy atom. The second kappa shape index (κ2) is 13.9. The van der Waals surface area contributed by atoms with Crippen molar-refractivity contribution >= 4 is 50.3 Å². The summed E-state index contributed by atoms with van der Waals surface area (Å²) < 4.78 is 7.86. The van der Waals surface area contributed by atoms with E-state index in [2.05, 4.69) is 46.4 Å². The number of aliphatic hydroxyl groups excluding tert-OH is 1. The number of aliphatic hydroxyl groups is 1. The number of pyridine rings is 1. The van der Waals surface area contributed by atoms with Gasteiger partial charge in [-0.05, 0) is 105 Å². The molecule has 13 nitrogen and oxygen atoms in total. The van der Waals surface area contributed by atoms with Gasteiger partial charge in [-0.15, -0.1) is 0 Å². The van der Waals surface area contributed by atoms with Crippen LogP contribution in [0, 0.1) is 27.1 Å². The number of likely N-dealkylation sites (N-methyl/N-ethyl adjacent to an activating group) is 1. The molecule has 1 spiro atoms. The molecule has 4 fully saturated rings. The number of aromatic nitrogens is 2. The van der Waals surface area contributed by atoms with Gasteiger partial charge >= 0.3 is 5.97 Å². The predicted molar refractivity (Wildman–Crippen MR) is 219 cm³/mol. The Morgan fingerprint density at radius 1 is 1.05 bits per heavy atom. The number of aromatic carboxylic acids is 1. The lowest BCUT2D eigenvalue weighted by Gasteiger charge is -3.02. The average Bonchev–Trinajstić information content (AvgIpc) is 3.53. The summed E-state index contributed by atoms with van der Waals surface area (Å²) in [6.45, 7) is 11.9. The molecule has 2 heterocycles. The van der Waals surface area contributed by atoms with Crippen LogP contribution in [0.25, 0.3) is 15.8 Å². The number of nitrogens with zero attached hydrogens (tertiary/aromatic N) is 4. The first-order valence-corrected chi connectivity index (χ1v) is 19.8. The Hall–Kier alpha value is -4.50. The van der Waals surface area contributed by atoms with E-state index in [9.17, 15) is 15.0 Å². The number of nitrogens with two attached hydrogens (primary N) is 2. The molecule has 2 atom stereocenters. The smallest absolute Gasteiger partial charge is 0.355 e. The maximum atomic E-state index is 12.6. The molecule has 4 saturated carbocycles. The topological polar surface area (TPSA) is 199 Å². The molecule has 7 rings (SSSR count). The SMILES string of the molecule is C/C(NCC12CC3(C)CC4(OCCN(C)CCCO)CC(C)(C1)C324)=C(/C=N)c1ccc(N(C)/C(N)=C/C(C)=C(\N)Nc2nc3ccccc3s2)nc1C(=O)O. The van der Waals surface area contributed by atoms with E-state index in [-0.39, 0.29) is 39.6 Å². The number of thiazole rings is 1. The molecule has 4 aliphatic carbocycles. The molecule has 0 aliphatic heterocycles. The summed E-state index contributed by atoms with van der Waals surface area (Å²) in [5.74, 6) is -0.169. The first-order chi connectivity index (χ1) is 26.1. The third-order valence-electron chi connectivity index (χ3n) is 13.3. The fourth-order valence-electron chi connectivity index (χ4n) is 12.0. The lowest BCUT2D eigenvalue weighted by Crippen LogP contribution is -3.01. The molecule has 55 heavy (non-hydrogen) atoms. The Morgan fingerprint density at radius 2 is 1.76 bits per heavy atom. The summed E-state index contributed by atoms with van der Waals surface area (Å²) in [4.78, 5) is 25.6. The van der Waals surface area contributed by atoms with E-state index in [0.29, 0.717) is 45.9 Å². The van der Waals surface area contributed by atoms with Crippen LogP contribution >= 0.6 is 11.3 Å². The number of hydrogen-bond acceptors (Lipinski definition) is 13. The van der Waals surface area contributed by atoms with Crippen molar-refractivity contribution in [1.82, 2.24) is 20.2 Å². The average molecular weight is 770 g/mol. The summed E-state index contributed by atoms with van der Waals surface area (Å²) in [6.07, 6.45) is 8.12. The summed E-state index contributed by atoms with van der Waals surface area (Å²) in [5.41, 5.74) is 16.4. The number of nitrogens with one attached hydrogen (secondary N) is 3. The fraction of sp³-hybridized carbons (Fsp3) is 0.512. The minimum atomic E-state index is -1.20. The van der Waals surface area contributed by atoms with E-state index in [1.807, 2.05) is 38.1 Å². The Labute approximate surface area is 327 Å². The third-order valence-corrected chi connectivity index (χ3v) is 14.3. The number of benzene rings is 1. The van der Waals surface area contributed by atoms with E-state index in [1.165, 1.54) is 17.6 Å². The summed E-state index contributed by atoms with van der Waals surface area (Å²) in [7, 11) is 3.79. The van der Waals surface area contributed by atoms with Gasteiger partial charge in [-0.3, -0.25) is 0 Å². The van der Waals surface area contributed by atoms with E-state index in [1.54, 1.807) is 30.2 Å². The van der Waals surface area contributed by atoms with Gasteiger partial charge < -0.3 is 52.3 Å². The van der Waals surface area contributed by atoms with Crippen LogP contribution in [-0.4, -0.2) is 89.8 Å². The molecule has 9 N–H and O–H groups in total. The van der Waals surface area contributed by atoms with Gasteiger partial charge in [0.2, 0.25) is 0 Å². The number of anilines is 2. The quantitative estimate of drug-likeness (QED) is 0.0628. The van der Waals surface area contributed by atoms with Crippen molar-refractivity contribution in [3.05, 3.63) is 76.6 Å². The monoisotopic (exact) mass is 769 g/mol. The molecule has 1 aromatic carbocycles. The van der Waals surface area contributed by atoms with Crippen LogP contribution in [0.15, 0.2) is 65.4 Å². The third kappa shape index (κ3) is 5.82. The van der Waals surface area contributed by atoms with Crippen LogP contribution in [0.5, 0.6) is 0 Å². The van der Waals surface area contributed by atoms with Gasteiger partial charge in [-0.2, -0.15) is 0 Å². The van der Waals surface area contributed by atoms with E-state index in [4.69, 9.17) is 21.6 Å². The largest absolute Gasteiger partial charge is 0.476 e. The van der Waals surface area contributed by atoms with Gasteiger partial charge in [0, 0.05) is 61.8 Å². The Balaban J connectivity index is 1.05. The normalized spacial score (nSPS) is 29.7. The van der Waals surface area contributed by atoms with Crippen LogP contribution in [0.1, 0.15) is 75.9 Å². The number of hydrogen-bond donors (Lipinski definition) is 7. The molecule has 2 aromatic heterocycles. The molecule has 0 saturated heterocycles. The lowest BCUT2D eigenvalue weighted by molar-refractivity contribution is -0.566. The Kier molecular flexibility index (Phi) is 9.80. The summed E-state index contributed by atoms with van der Waals surface area (Å²) in [5, 5.41) is 35.4. The van der Waals surface area contributed by atoms with Crippen molar-refractivity contribution in [2.75, 3.05) is 57.2 Å². The summed E-state index contributed by atoms with van der Waals surface area (Å²) in [6, 6.07) is 11.2. The molecular weight excluding hydrogens is 715 g/mol. The molecule has 294 valence electrons. The molecule has 0 amide bonds. The van der Waals surface area contributed by atoms with Gasteiger partial charge in [-0.1, -0.05) is 37.3 Å². The van der Waals surface area contributed by atoms with Crippen molar-refractivity contribution in [3.63, 3.8) is 0 Å². The maximum absolute atomic E-state index is 12.6. The highest BCUT2D eigenvalue weighted by molar-refractivity contribution is 7.22. The van der Waals surface area contributed by atoms with E-state index >= 15 is 0 Å². The minimum Gasteiger partial charge on any atom is -0.476 e. The zero-order valence-electron chi connectivity index (χ0n) is 32.8. The number of ether oxygens (including phenoxy) is 1. The maximum Gasteiger partial charge on any atom is 0.355 e. The lowest BCUT2D eigenvalue weighted by atomic mass is 9.03. The zero-order valence-corrected chi connectivity index (χ0v) is 33.6. The van der Waals surface area contributed by atoms with Crippen LogP contribution in [0.4, 0.5) is 10.9 Å². The predicted octanol–water partition coefficient (Wildman–Crippen LogP) is 5.57. The van der Waals surface area contributed by atoms with Crippen LogP contribution in [0.2, 0.25) is 0 Å². The fourth-order valence-corrected chi connectivity index (χ4v) is 12.9.